The highest BCUT2D eigenvalue weighted by Crippen LogP contribution is 2.23. The lowest BCUT2D eigenvalue weighted by molar-refractivity contribution is 0.0963. The van der Waals surface area contributed by atoms with Crippen molar-refractivity contribution >= 4 is 22.5 Å². The number of hydrogen-bond acceptors (Lipinski definition) is 2. The van der Waals surface area contributed by atoms with Crippen LogP contribution in [-0.2, 0) is 6.42 Å². The SMILES string of the molecule is CNC(=O)c1ccc(NC)c(Cc2ccc3[nH]ccc3c2)c1. The molecule has 0 unspecified atom stereocenters. The number of carbonyl (C=O) groups is 1. The van der Waals surface area contributed by atoms with E-state index in [0.717, 1.165) is 23.2 Å². The van der Waals surface area contributed by atoms with Gasteiger partial charge in [0.05, 0.1) is 0 Å². The summed E-state index contributed by atoms with van der Waals surface area (Å²) in [6, 6.07) is 14.2. The van der Waals surface area contributed by atoms with E-state index in [4.69, 9.17) is 0 Å². The molecule has 0 aliphatic rings. The quantitative estimate of drug-likeness (QED) is 0.692. The molecule has 0 bridgehead atoms. The van der Waals surface area contributed by atoms with E-state index in [1.54, 1.807) is 7.05 Å². The Morgan fingerprint density at radius 3 is 2.73 bits per heavy atom. The summed E-state index contributed by atoms with van der Waals surface area (Å²) >= 11 is 0. The molecule has 4 heteroatoms. The second-order valence-corrected chi connectivity index (χ2v) is 5.28. The van der Waals surface area contributed by atoms with Gasteiger partial charge in [0.15, 0.2) is 0 Å². The standard InChI is InChI=1S/C18H19N3O/c1-19-16-6-4-14(18(22)20-2)11-15(16)10-12-3-5-17-13(9-12)7-8-21-17/h3-9,11,19,21H,10H2,1-2H3,(H,20,22). The van der Waals surface area contributed by atoms with Crippen molar-refractivity contribution < 1.29 is 4.79 Å². The number of rotatable bonds is 4. The topological polar surface area (TPSA) is 56.9 Å². The Balaban J connectivity index is 1.96. The van der Waals surface area contributed by atoms with Gasteiger partial charge in [-0.05, 0) is 59.3 Å². The minimum atomic E-state index is -0.0648. The Kier molecular flexibility index (Phi) is 3.83. The lowest BCUT2D eigenvalue weighted by Crippen LogP contribution is -2.18. The van der Waals surface area contributed by atoms with Gasteiger partial charge >= 0.3 is 0 Å². The number of aromatic amines is 1. The van der Waals surface area contributed by atoms with Crippen LogP contribution in [0.4, 0.5) is 5.69 Å². The van der Waals surface area contributed by atoms with Gasteiger partial charge in [-0.25, -0.2) is 0 Å². The molecule has 0 saturated carbocycles. The maximum atomic E-state index is 11.8. The zero-order valence-corrected chi connectivity index (χ0v) is 12.7. The first-order valence-corrected chi connectivity index (χ1v) is 7.30. The fraction of sp³-hybridized carbons (Fsp3) is 0.167. The number of hydrogen-bond donors (Lipinski definition) is 3. The number of H-pyrrole nitrogens is 1. The van der Waals surface area contributed by atoms with E-state index >= 15 is 0 Å². The van der Waals surface area contributed by atoms with Crippen LogP contribution in [0.1, 0.15) is 21.5 Å². The summed E-state index contributed by atoms with van der Waals surface area (Å²) in [7, 11) is 3.54. The number of carbonyl (C=O) groups excluding carboxylic acids is 1. The van der Waals surface area contributed by atoms with Gasteiger partial charge in [0.25, 0.3) is 5.91 Å². The highest BCUT2D eigenvalue weighted by molar-refractivity contribution is 5.94. The van der Waals surface area contributed by atoms with Gasteiger partial charge < -0.3 is 15.6 Å². The highest BCUT2D eigenvalue weighted by atomic mass is 16.1. The maximum Gasteiger partial charge on any atom is 0.251 e. The molecule has 2 aromatic carbocycles. The van der Waals surface area contributed by atoms with Crippen LogP contribution in [0.5, 0.6) is 0 Å². The molecular weight excluding hydrogens is 274 g/mol. The van der Waals surface area contributed by atoms with Crippen LogP contribution in [0, 0.1) is 0 Å². The molecule has 0 radical (unpaired) electrons. The van der Waals surface area contributed by atoms with Gasteiger partial charge in [0.1, 0.15) is 0 Å². The molecule has 0 spiro atoms. The summed E-state index contributed by atoms with van der Waals surface area (Å²) in [6.07, 6.45) is 2.72. The smallest absolute Gasteiger partial charge is 0.251 e. The molecule has 1 aromatic heterocycles. The number of fused-ring (bicyclic) bond motifs is 1. The van der Waals surface area contributed by atoms with Gasteiger partial charge in [-0.2, -0.15) is 0 Å². The van der Waals surface area contributed by atoms with Crippen LogP contribution >= 0.6 is 0 Å². The lowest BCUT2D eigenvalue weighted by atomic mass is 9.99. The van der Waals surface area contributed by atoms with Gasteiger partial charge in [0.2, 0.25) is 0 Å². The minimum Gasteiger partial charge on any atom is -0.388 e. The molecule has 1 heterocycles. The second kappa shape index (κ2) is 5.93. The number of nitrogens with one attached hydrogen (secondary N) is 3. The molecular formula is C18H19N3O. The van der Waals surface area contributed by atoms with Crippen LogP contribution in [0.2, 0.25) is 0 Å². The Morgan fingerprint density at radius 1 is 1.09 bits per heavy atom. The lowest BCUT2D eigenvalue weighted by Gasteiger charge is -2.11. The van der Waals surface area contributed by atoms with Gasteiger partial charge in [-0.1, -0.05) is 6.07 Å². The molecule has 4 nitrogen and oxygen atoms in total. The summed E-state index contributed by atoms with van der Waals surface area (Å²) in [4.78, 5) is 15.0. The third-order valence-electron chi connectivity index (χ3n) is 3.88. The van der Waals surface area contributed by atoms with Crippen LogP contribution in [0.25, 0.3) is 10.9 Å². The third-order valence-corrected chi connectivity index (χ3v) is 3.88. The first-order valence-electron chi connectivity index (χ1n) is 7.30. The van der Waals surface area contributed by atoms with Crippen LogP contribution in [0.3, 0.4) is 0 Å². The molecule has 0 aliphatic carbocycles. The first-order chi connectivity index (χ1) is 10.7. The molecule has 112 valence electrons. The largest absolute Gasteiger partial charge is 0.388 e. The van der Waals surface area contributed by atoms with Crippen molar-refractivity contribution in [3.05, 3.63) is 65.4 Å². The van der Waals surface area contributed by atoms with E-state index in [2.05, 4.69) is 39.9 Å². The number of anilines is 1. The monoisotopic (exact) mass is 293 g/mol. The Bertz CT molecular complexity index is 820. The van der Waals surface area contributed by atoms with Crippen molar-refractivity contribution in [1.82, 2.24) is 10.3 Å². The highest BCUT2D eigenvalue weighted by Gasteiger charge is 2.09. The van der Waals surface area contributed by atoms with E-state index in [1.807, 2.05) is 31.4 Å². The zero-order chi connectivity index (χ0) is 15.5. The van der Waals surface area contributed by atoms with E-state index in [0.29, 0.717) is 5.56 Å². The molecule has 3 rings (SSSR count). The zero-order valence-electron chi connectivity index (χ0n) is 12.7. The summed E-state index contributed by atoms with van der Waals surface area (Å²) in [5, 5.41) is 7.06. The minimum absolute atomic E-state index is 0.0648. The molecule has 1 amide bonds. The fourth-order valence-corrected chi connectivity index (χ4v) is 2.70. The number of aromatic nitrogens is 1. The summed E-state index contributed by atoms with van der Waals surface area (Å²) in [5.74, 6) is -0.0648. The van der Waals surface area contributed by atoms with E-state index in [1.165, 1.54) is 10.9 Å². The van der Waals surface area contributed by atoms with Gasteiger partial charge in [-0.15, -0.1) is 0 Å². The second-order valence-electron chi connectivity index (χ2n) is 5.28. The van der Waals surface area contributed by atoms with Crippen molar-refractivity contribution in [2.45, 2.75) is 6.42 Å². The summed E-state index contributed by atoms with van der Waals surface area (Å²) < 4.78 is 0. The van der Waals surface area contributed by atoms with Crippen molar-refractivity contribution in [1.29, 1.82) is 0 Å². The Hall–Kier alpha value is -2.75. The van der Waals surface area contributed by atoms with Crippen molar-refractivity contribution in [3.63, 3.8) is 0 Å². The average Bonchev–Trinajstić information content (AvgIpc) is 3.01. The van der Waals surface area contributed by atoms with Crippen LogP contribution < -0.4 is 10.6 Å². The first kappa shape index (κ1) is 14.2. The Morgan fingerprint density at radius 2 is 1.95 bits per heavy atom. The number of benzene rings is 2. The predicted octanol–water partition coefficient (Wildman–Crippen LogP) is 3.16. The average molecular weight is 293 g/mol. The van der Waals surface area contributed by atoms with Gasteiger partial charge in [-0.3, -0.25) is 4.79 Å². The molecule has 0 fully saturated rings. The van der Waals surface area contributed by atoms with Crippen molar-refractivity contribution in [2.24, 2.45) is 0 Å². The van der Waals surface area contributed by atoms with E-state index in [-0.39, 0.29) is 5.91 Å². The van der Waals surface area contributed by atoms with E-state index < -0.39 is 0 Å². The fourth-order valence-electron chi connectivity index (χ4n) is 2.70. The van der Waals surface area contributed by atoms with E-state index in [9.17, 15) is 4.79 Å². The van der Waals surface area contributed by atoms with Crippen molar-refractivity contribution in [2.75, 3.05) is 19.4 Å². The molecule has 22 heavy (non-hydrogen) atoms. The normalized spacial score (nSPS) is 10.6. The maximum absolute atomic E-state index is 11.8. The Labute approximate surface area is 129 Å². The van der Waals surface area contributed by atoms with Gasteiger partial charge in [0, 0.05) is 37.1 Å². The molecule has 0 aliphatic heterocycles. The van der Waals surface area contributed by atoms with Crippen molar-refractivity contribution in [3.8, 4) is 0 Å². The van der Waals surface area contributed by atoms with Crippen LogP contribution in [0.15, 0.2) is 48.7 Å². The molecule has 0 atom stereocenters. The summed E-state index contributed by atoms with van der Waals surface area (Å²) in [5.41, 5.74) is 5.19. The third kappa shape index (κ3) is 2.68. The predicted molar refractivity (Wildman–Crippen MR) is 90.5 cm³/mol. The summed E-state index contributed by atoms with van der Waals surface area (Å²) in [6.45, 7) is 0. The molecule has 3 aromatic rings. The molecule has 0 saturated heterocycles. The molecule has 3 N–H and O–H groups in total. The number of amides is 1. The van der Waals surface area contributed by atoms with Crippen LogP contribution in [-0.4, -0.2) is 25.0 Å².